The molecule has 0 spiro atoms. The van der Waals surface area contributed by atoms with Crippen molar-refractivity contribution in [2.45, 2.75) is 31.2 Å². The number of piperazine rings is 1. The third-order valence-corrected chi connectivity index (χ3v) is 6.88. The van der Waals surface area contributed by atoms with Gasteiger partial charge in [0.15, 0.2) is 0 Å². The number of nitro benzene ring substituents is 1. The van der Waals surface area contributed by atoms with Gasteiger partial charge in [0.1, 0.15) is 17.3 Å². The highest BCUT2D eigenvalue weighted by Gasteiger charge is 2.35. The zero-order valence-electron chi connectivity index (χ0n) is 18.3. The van der Waals surface area contributed by atoms with Crippen molar-refractivity contribution in [3.8, 4) is 5.75 Å². The summed E-state index contributed by atoms with van der Waals surface area (Å²) in [7, 11) is 0. The van der Waals surface area contributed by atoms with Crippen LogP contribution in [0.2, 0.25) is 0 Å². The lowest BCUT2D eigenvalue weighted by atomic mass is 9.79. The number of nitro groups is 1. The first-order valence-corrected chi connectivity index (χ1v) is 11.4. The first-order valence-electron chi connectivity index (χ1n) is 11.4. The van der Waals surface area contributed by atoms with Gasteiger partial charge in [-0.25, -0.2) is 0 Å². The van der Waals surface area contributed by atoms with E-state index in [1.54, 1.807) is 18.2 Å². The summed E-state index contributed by atoms with van der Waals surface area (Å²) >= 11 is 0. The van der Waals surface area contributed by atoms with E-state index in [1.807, 2.05) is 23.1 Å². The number of phenolic OH excluding ortho intramolecular Hbond substituents is 1. The number of anilines is 1. The molecule has 1 amide bonds. The molecule has 2 N–H and O–H groups in total. The Bertz CT molecular complexity index is 1110. The molecule has 2 aromatic carbocycles. The van der Waals surface area contributed by atoms with Gasteiger partial charge < -0.3 is 15.3 Å². The normalized spacial score (nSPS) is 22.3. The van der Waals surface area contributed by atoms with Gasteiger partial charge in [-0.05, 0) is 42.2 Å². The van der Waals surface area contributed by atoms with E-state index in [1.165, 1.54) is 17.2 Å². The summed E-state index contributed by atoms with van der Waals surface area (Å²) in [5, 5.41) is 24.1. The number of phenols is 1. The van der Waals surface area contributed by atoms with Crippen molar-refractivity contribution in [2.75, 3.05) is 37.6 Å². The maximum atomic E-state index is 12.7. The van der Waals surface area contributed by atoms with E-state index in [-0.39, 0.29) is 35.0 Å². The standard InChI is InChI=1S/C24H27N5O4/c30-17-6-7-18-16(13-17)5-8-20-19(18)14-23(25-20)26-24(31)15-27-9-11-28(12-10-27)21-3-1-2-4-22(21)29(32)33/h1-4,6-7,13,19-20,30H,5,8-12,14-15H2,(H,25,26,31)/t19-,20+/m0/s1. The molecular formula is C24H27N5O4. The van der Waals surface area contributed by atoms with E-state index in [9.17, 15) is 20.0 Å². The van der Waals surface area contributed by atoms with Crippen molar-refractivity contribution < 1.29 is 14.8 Å². The quantitative estimate of drug-likeness (QED) is 0.548. The average molecular weight is 450 g/mol. The molecule has 33 heavy (non-hydrogen) atoms. The Morgan fingerprint density at radius 1 is 1.18 bits per heavy atom. The van der Waals surface area contributed by atoms with Crippen LogP contribution >= 0.6 is 0 Å². The number of para-hydroxylation sites is 2. The maximum absolute atomic E-state index is 12.7. The number of aryl methyl sites for hydroxylation is 1. The van der Waals surface area contributed by atoms with Gasteiger partial charge in [-0.1, -0.05) is 18.2 Å². The molecule has 2 aromatic rings. The highest BCUT2D eigenvalue weighted by atomic mass is 16.6. The van der Waals surface area contributed by atoms with Crippen molar-refractivity contribution >= 4 is 23.1 Å². The topological polar surface area (TPSA) is 111 Å². The van der Waals surface area contributed by atoms with Crippen molar-refractivity contribution in [3.05, 3.63) is 63.7 Å². The lowest BCUT2D eigenvalue weighted by Gasteiger charge is -2.35. The number of amidine groups is 1. The van der Waals surface area contributed by atoms with Crippen LogP contribution in [0.25, 0.3) is 0 Å². The van der Waals surface area contributed by atoms with Crippen molar-refractivity contribution in [1.29, 1.82) is 0 Å². The zero-order chi connectivity index (χ0) is 22.9. The van der Waals surface area contributed by atoms with E-state index < -0.39 is 0 Å². The second-order valence-electron chi connectivity index (χ2n) is 8.93. The van der Waals surface area contributed by atoms with Gasteiger partial charge in [-0.2, -0.15) is 0 Å². The fraction of sp³-hybridized carbons (Fsp3) is 0.417. The SMILES string of the molecule is O=C(CN1CCN(c2ccccc2[N+](=O)[O-])CC1)NC1=N[C@@H]2CCc3cc(O)ccc3[C@@H]2C1. The summed E-state index contributed by atoms with van der Waals surface area (Å²) in [6.45, 7) is 2.87. The molecule has 9 nitrogen and oxygen atoms in total. The van der Waals surface area contributed by atoms with Gasteiger partial charge in [0, 0.05) is 44.6 Å². The second-order valence-corrected chi connectivity index (χ2v) is 8.93. The Morgan fingerprint density at radius 2 is 1.97 bits per heavy atom. The van der Waals surface area contributed by atoms with Gasteiger partial charge in [0.05, 0.1) is 17.5 Å². The Labute approximate surface area is 191 Å². The van der Waals surface area contributed by atoms with Crippen LogP contribution in [0.5, 0.6) is 5.75 Å². The number of fused-ring (bicyclic) bond motifs is 3. The van der Waals surface area contributed by atoms with Crippen LogP contribution in [-0.2, 0) is 11.2 Å². The molecule has 1 fully saturated rings. The first-order chi connectivity index (χ1) is 16.0. The van der Waals surface area contributed by atoms with Crippen molar-refractivity contribution in [3.63, 3.8) is 0 Å². The summed E-state index contributed by atoms with van der Waals surface area (Å²) < 4.78 is 0. The van der Waals surface area contributed by atoms with E-state index in [4.69, 9.17) is 4.99 Å². The zero-order valence-corrected chi connectivity index (χ0v) is 18.3. The minimum absolute atomic E-state index is 0.0718. The predicted octanol–water partition coefficient (Wildman–Crippen LogP) is 2.44. The lowest BCUT2D eigenvalue weighted by molar-refractivity contribution is -0.384. The number of amides is 1. The lowest BCUT2D eigenvalue weighted by Crippen LogP contribution is -2.50. The minimum atomic E-state index is -0.351. The fourth-order valence-corrected chi connectivity index (χ4v) is 5.26. The van der Waals surface area contributed by atoms with Crippen LogP contribution in [0.15, 0.2) is 47.5 Å². The van der Waals surface area contributed by atoms with Crippen LogP contribution in [0.4, 0.5) is 11.4 Å². The van der Waals surface area contributed by atoms with Crippen LogP contribution in [0.3, 0.4) is 0 Å². The Morgan fingerprint density at radius 3 is 2.76 bits per heavy atom. The number of carbonyl (C=O) groups excluding carboxylic acids is 1. The summed E-state index contributed by atoms with van der Waals surface area (Å²) in [6.07, 6.45) is 2.52. The van der Waals surface area contributed by atoms with E-state index >= 15 is 0 Å². The number of hydrogen-bond acceptors (Lipinski definition) is 7. The molecule has 0 radical (unpaired) electrons. The molecule has 2 heterocycles. The number of carbonyl (C=O) groups is 1. The highest BCUT2D eigenvalue weighted by molar-refractivity contribution is 6.00. The number of nitrogens with one attached hydrogen (secondary N) is 1. The largest absolute Gasteiger partial charge is 0.508 e. The molecule has 2 atom stereocenters. The number of benzene rings is 2. The van der Waals surface area contributed by atoms with Gasteiger partial charge in [-0.15, -0.1) is 0 Å². The fourth-order valence-electron chi connectivity index (χ4n) is 5.26. The van der Waals surface area contributed by atoms with Gasteiger partial charge in [0.25, 0.3) is 5.69 Å². The highest BCUT2D eigenvalue weighted by Crippen LogP contribution is 2.40. The van der Waals surface area contributed by atoms with Crippen LogP contribution in [0, 0.1) is 10.1 Å². The van der Waals surface area contributed by atoms with Gasteiger partial charge in [0.2, 0.25) is 5.91 Å². The molecule has 0 unspecified atom stereocenters. The number of aromatic hydroxyl groups is 1. The molecule has 2 aliphatic heterocycles. The van der Waals surface area contributed by atoms with E-state index in [2.05, 4.69) is 10.2 Å². The number of nitrogens with zero attached hydrogens (tertiary/aromatic N) is 4. The molecule has 5 rings (SSSR count). The van der Waals surface area contributed by atoms with Crippen LogP contribution in [-0.4, -0.2) is 65.4 Å². The molecule has 0 aromatic heterocycles. The third-order valence-electron chi connectivity index (χ3n) is 6.88. The van der Waals surface area contributed by atoms with Crippen LogP contribution in [0.1, 0.15) is 29.9 Å². The summed E-state index contributed by atoms with van der Waals surface area (Å²) in [5.74, 6) is 1.23. The van der Waals surface area contributed by atoms with Crippen molar-refractivity contribution in [2.24, 2.45) is 4.99 Å². The minimum Gasteiger partial charge on any atom is -0.508 e. The monoisotopic (exact) mass is 449 g/mol. The molecule has 1 aliphatic carbocycles. The molecule has 3 aliphatic rings. The maximum Gasteiger partial charge on any atom is 0.292 e. The van der Waals surface area contributed by atoms with Gasteiger partial charge in [-0.3, -0.25) is 24.8 Å². The molecule has 0 saturated carbocycles. The summed E-state index contributed by atoms with van der Waals surface area (Å²) in [5.41, 5.74) is 3.14. The molecule has 9 heteroatoms. The third kappa shape index (κ3) is 4.41. The van der Waals surface area contributed by atoms with E-state index in [0.717, 1.165) is 18.7 Å². The van der Waals surface area contributed by atoms with E-state index in [0.29, 0.717) is 44.0 Å². The van der Waals surface area contributed by atoms with Crippen LogP contribution < -0.4 is 10.2 Å². The second kappa shape index (κ2) is 8.82. The molecule has 1 saturated heterocycles. The summed E-state index contributed by atoms with van der Waals surface area (Å²) in [6, 6.07) is 12.5. The molecule has 172 valence electrons. The Balaban J connectivity index is 1.14. The van der Waals surface area contributed by atoms with Crippen molar-refractivity contribution in [1.82, 2.24) is 10.2 Å². The number of rotatable bonds is 4. The Kier molecular flexibility index (Phi) is 5.72. The first kappa shape index (κ1) is 21.4. The molecular weight excluding hydrogens is 422 g/mol. The summed E-state index contributed by atoms with van der Waals surface area (Å²) in [4.78, 5) is 32.5. The van der Waals surface area contributed by atoms with Gasteiger partial charge >= 0.3 is 0 Å². The predicted molar refractivity (Wildman–Crippen MR) is 125 cm³/mol. The average Bonchev–Trinajstić information content (AvgIpc) is 3.22. The smallest absolute Gasteiger partial charge is 0.292 e. The Hall–Kier alpha value is -3.46. The number of hydrogen-bond donors (Lipinski definition) is 2. The number of aliphatic imine (C=N–C) groups is 1. The molecule has 0 bridgehead atoms.